The minimum Gasteiger partial charge on any atom is -0.472 e. The lowest BCUT2D eigenvalue weighted by atomic mass is 9.98. The van der Waals surface area contributed by atoms with Crippen LogP contribution in [0.2, 0.25) is 0 Å². The quantitative estimate of drug-likeness (QED) is 0.836. The van der Waals surface area contributed by atoms with Crippen LogP contribution in [0.15, 0.2) is 18.2 Å². The summed E-state index contributed by atoms with van der Waals surface area (Å²) >= 11 is 0. The summed E-state index contributed by atoms with van der Waals surface area (Å²) in [5, 5.41) is 2.72. The van der Waals surface area contributed by atoms with E-state index in [1.165, 1.54) is 6.07 Å². The van der Waals surface area contributed by atoms with E-state index in [0.717, 1.165) is 0 Å². The van der Waals surface area contributed by atoms with Gasteiger partial charge in [-0.3, -0.25) is 9.59 Å². The van der Waals surface area contributed by atoms with Gasteiger partial charge in [0.25, 0.3) is 0 Å². The molecular weight excluding hydrogens is 289 g/mol. The third-order valence-electron chi connectivity index (χ3n) is 4.05. The number of carbonyl (C=O) groups is 2. The maximum Gasteiger partial charge on any atom is 0.227 e. The molecule has 2 aliphatic rings. The lowest BCUT2D eigenvalue weighted by Gasteiger charge is -2.26. The summed E-state index contributed by atoms with van der Waals surface area (Å²) in [7, 11) is 0. The maximum atomic E-state index is 13.0. The summed E-state index contributed by atoms with van der Waals surface area (Å²) in [6.07, 6.45) is 1.52. The Bertz CT molecular complexity index is 571. The van der Waals surface area contributed by atoms with Gasteiger partial charge in [0, 0.05) is 32.0 Å². The van der Waals surface area contributed by atoms with Crippen LogP contribution in [0.1, 0.15) is 19.3 Å². The Hall–Kier alpha value is -2.18. The van der Waals surface area contributed by atoms with Crippen LogP contribution in [0.3, 0.4) is 0 Å². The van der Waals surface area contributed by atoms with Crippen molar-refractivity contribution in [1.82, 2.24) is 15.2 Å². The van der Waals surface area contributed by atoms with Crippen molar-refractivity contribution in [2.45, 2.75) is 25.4 Å². The smallest absolute Gasteiger partial charge is 0.227 e. The molecule has 6 nitrogen and oxygen atoms in total. The van der Waals surface area contributed by atoms with Crippen molar-refractivity contribution in [2.24, 2.45) is 5.92 Å². The lowest BCUT2D eigenvalue weighted by molar-refractivity contribution is -0.136. The predicted molar refractivity (Wildman–Crippen MR) is 75.5 cm³/mol. The zero-order chi connectivity index (χ0) is 15.5. The number of hydrogen-bond acceptors (Lipinski definition) is 4. The van der Waals surface area contributed by atoms with Crippen LogP contribution in [0, 0.1) is 11.9 Å². The van der Waals surface area contributed by atoms with Crippen LogP contribution >= 0.6 is 0 Å². The van der Waals surface area contributed by atoms with Crippen molar-refractivity contribution < 1.29 is 18.7 Å². The lowest BCUT2D eigenvalue weighted by Crippen LogP contribution is -2.44. The maximum absolute atomic E-state index is 13.0. The summed E-state index contributed by atoms with van der Waals surface area (Å²) in [6.45, 7) is 1.50. The number of amides is 2. The molecule has 0 radical (unpaired) electrons. The Balaban J connectivity index is 1.53. The summed E-state index contributed by atoms with van der Waals surface area (Å²) in [5.74, 6) is -0.434. The number of pyridine rings is 1. The molecule has 3 heterocycles. The van der Waals surface area contributed by atoms with Crippen LogP contribution in [0.5, 0.6) is 5.88 Å². The molecule has 2 amide bonds. The van der Waals surface area contributed by atoms with Crippen molar-refractivity contribution in [3.05, 3.63) is 24.1 Å². The van der Waals surface area contributed by atoms with Crippen molar-refractivity contribution in [2.75, 3.05) is 19.6 Å². The summed E-state index contributed by atoms with van der Waals surface area (Å²) in [6, 6.07) is 4.40. The molecule has 1 aromatic rings. The number of ether oxygens (including phenoxy) is 1. The second kappa shape index (κ2) is 6.29. The first-order valence-corrected chi connectivity index (χ1v) is 7.46. The second-order valence-corrected chi connectivity index (χ2v) is 5.65. The fourth-order valence-corrected chi connectivity index (χ4v) is 2.85. The van der Waals surface area contributed by atoms with Gasteiger partial charge in [0.2, 0.25) is 23.6 Å². The van der Waals surface area contributed by atoms with Gasteiger partial charge >= 0.3 is 0 Å². The number of nitrogens with zero attached hydrogens (tertiary/aromatic N) is 2. The van der Waals surface area contributed by atoms with E-state index in [4.69, 9.17) is 4.74 Å². The van der Waals surface area contributed by atoms with E-state index in [-0.39, 0.29) is 29.7 Å². The number of nitrogens with one attached hydrogen (secondary N) is 1. The topological polar surface area (TPSA) is 71.5 Å². The summed E-state index contributed by atoms with van der Waals surface area (Å²) in [5.41, 5.74) is 0. The molecule has 0 spiro atoms. The van der Waals surface area contributed by atoms with Gasteiger partial charge < -0.3 is 15.0 Å². The van der Waals surface area contributed by atoms with Crippen molar-refractivity contribution in [3.8, 4) is 5.88 Å². The fraction of sp³-hybridized carbons (Fsp3) is 0.533. The number of likely N-dealkylation sites (tertiary alicyclic amines) is 1. The van der Waals surface area contributed by atoms with Gasteiger partial charge in [0.15, 0.2) is 0 Å². The number of piperidine rings is 1. The average Bonchev–Trinajstić information content (AvgIpc) is 2.96. The van der Waals surface area contributed by atoms with E-state index in [9.17, 15) is 14.0 Å². The number of aromatic nitrogens is 1. The number of hydrogen-bond donors (Lipinski definition) is 1. The van der Waals surface area contributed by atoms with E-state index < -0.39 is 5.95 Å². The van der Waals surface area contributed by atoms with E-state index in [2.05, 4.69) is 10.3 Å². The van der Waals surface area contributed by atoms with Gasteiger partial charge in [-0.05, 0) is 12.5 Å². The minimum atomic E-state index is -0.582. The highest BCUT2D eigenvalue weighted by Crippen LogP contribution is 2.21. The highest BCUT2D eigenvalue weighted by Gasteiger charge is 2.33. The standard InChI is InChI=1S/C15H18FN3O3/c16-12-2-1-3-14(18-12)22-11-6-7-19(9-11)15(21)10-4-5-13(20)17-8-10/h1-3,10-11H,4-9H2,(H,17,20). The molecule has 2 saturated heterocycles. The third kappa shape index (κ3) is 3.35. The molecule has 3 rings (SSSR count). The van der Waals surface area contributed by atoms with Gasteiger partial charge in [-0.1, -0.05) is 6.07 Å². The second-order valence-electron chi connectivity index (χ2n) is 5.65. The van der Waals surface area contributed by atoms with Gasteiger partial charge in [0.1, 0.15) is 6.10 Å². The number of rotatable bonds is 3. The summed E-state index contributed by atoms with van der Waals surface area (Å²) in [4.78, 5) is 29.0. The van der Waals surface area contributed by atoms with Crippen molar-refractivity contribution >= 4 is 11.8 Å². The first-order chi connectivity index (χ1) is 10.6. The molecule has 1 aromatic heterocycles. The van der Waals surface area contributed by atoms with Gasteiger partial charge in [-0.15, -0.1) is 0 Å². The van der Waals surface area contributed by atoms with Crippen molar-refractivity contribution in [1.29, 1.82) is 0 Å². The SMILES string of the molecule is O=C1CCC(C(=O)N2CCC(Oc3cccc(F)n3)C2)CN1. The third-order valence-corrected chi connectivity index (χ3v) is 4.05. The van der Waals surface area contributed by atoms with Gasteiger partial charge in [-0.25, -0.2) is 0 Å². The number of halogens is 1. The van der Waals surface area contributed by atoms with Crippen LogP contribution in [0.25, 0.3) is 0 Å². The van der Waals surface area contributed by atoms with E-state index in [1.807, 2.05) is 0 Å². The Morgan fingerprint density at radius 2 is 2.27 bits per heavy atom. The normalized spacial score (nSPS) is 25.0. The minimum absolute atomic E-state index is 0.00357. The van der Waals surface area contributed by atoms with Gasteiger partial charge in [0.05, 0.1) is 12.5 Å². The van der Waals surface area contributed by atoms with Crippen LogP contribution in [-0.2, 0) is 9.59 Å². The van der Waals surface area contributed by atoms with Crippen LogP contribution in [-0.4, -0.2) is 47.4 Å². The zero-order valence-electron chi connectivity index (χ0n) is 12.1. The van der Waals surface area contributed by atoms with Gasteiger partial charge in [-0.2, -0.15) is 9.37 Å². The molecule has 7 heteroatoms. The Labute approximate surface area is 127 Å². The van der Waals surface area contributed by atoms with E-state index in [0.29, 0.717) is 38.9 Å². The highest BCUT2D eigenvalue weighted by molar-refractivity contribution is 5.84. The molecule has 118 valence electrons. The molecule has 0 aliphatic carbocycles. The molecule has 2 aliphatic heterocycles. The Morgan fingerprint density at radius 1 is 1.41 bits per heavy atom. The molecule has 0 aromatic carbocycles. The van der Waals surface area contributed by atoms with Crippen LogP contribution < -0.4 is 10.1 Å². The molecule has 22 heavy (non-hydrogen) atoms. The Kier molecular flexibility index (Phi) is 4.22. The van der Waals surface area contributed by atoms with Crippen molar-refractivity contribution in [3.63, 3.8) is 0 Å². The predicted octanol–water partition coefficient (Wildman–Crippen LogP) is 0.727. The fourth-order valence-electron chi connectivity index (χ4n) is 2.85. The molecule has 2 unspecified atom stereocenters. The van der Waals surface area contributed by atoms with E-state index in [1.54, 1.807) is 17.0 Å². The first-order valence-electron chi connectivity index (χ1n) is 7.46. The highest BCUT2D eigenvalue weighted by atomic mass is 19.1. The summed E-state index contributed by atoms with van der Waals surface area (Å²) < 4.78 is 18.7. The molecule has 2 fully saturated rings. The molecular formula is C15H18FN3O3. The average molecular weight is 307 g/mol. The molecule has 1 N–H and O–H groups in total. The molecule has 2 atom stereocenters. The van der Waals surface area contributed by atoms with Crippen LogP contribution in [0.4, 0.5) is 4.39 Å². The number of carbonyl (C=O) groups excluding carboxylic acids is 2. The monoisotopic (exact) mass is 307 g/mol. The molecule has 0 saturated carbocycles. The zero-order valence-corrected chi connectivity index (χ0v) is 12.1. The largest absolute Gasteiger partial charge is 0.472 e. The van der Waals surface area contributed by atoms with E-state index >= 15 is 0 Å². The Morgan fingerprint density at radius 3 is 3.00 bits per heavy atom. The molecule has 0 bridgehead atoms. The first kappa shape index (κ1) is 14.7.